The van der Waals surface area contributed by atoms with Gasteiger partial charge in [0, 0.05) is 0 Å². The summed E-state index contributed by atoms with van der Waals surface area (Å²) >= 11 is 0. The lowest BCUT2D eigenvalue weighted by Gasteiger charge is -2.12. The van der Waals surface area contributed by atoms with E-state index in [1.165, 1.54) is 19.2 Å². The number of hydrogen-bond donors (Lipinski definition) is 1. The summed E-state index contributed by atoms with van der Waals surface area (Å²) in [6, 6.07) is 12.4. The smallest absolute Gasteiger partial charge is 0.187 e. The first-order chi connectivity index (χ1) is 9.15. The third kappa shape index (κ3) is 2.63. The van der Waals surface area contributed by atoms with Gasteiger partial charge in [0.25, 0.3) is 0 Å². The van der Waals surface area contributed by atoms with Crippen LogP contribution in [0.4, 0.5) is 4.39 Å². The Balaban J connectivity index is 2.35. The fourth-order valence-electron chi connectivity index (χ4n) is 1.84. The molecule has 0 spiro atoms. The molecule has 0 fully saturated rings. The van der Waals surface area contributed by atoms with Crippen molar-refractivity contribution in [1.82, 2.24) is 0 Å². The highest BCUT2D eigenvalue weighted by Gasteiger charge is 2.22. The number of benzene rings is 2. The molecule has 0 heterocycles. The number of carbonyl (C=O) groups excluding carboxylic acids is 1. The van der Waals surface area contributed by atoms with Crippen molar-refractivity contribution in [3.8, 4) is 5.75 Å². The molecule has 2 aromatic carbocycles. The van der Waals surface area contributed by atoms with Crippen LogP contribution in [0.5, 0.6) is 5.75 Å². The van der Waals surface area contributed by atoms with Crippen molar-refractivity contribution in [2.24, 2.45) is 5.73 Å². The SMILES string of the molecule is COc1cccc(C(=O)[C@H](N)c2ccccc2)c1F. The minimum absolute atomic E-state index is 0.0334. The van der Waals surface area contributed by atoms with E-state index in [1.54, 1.807) is 30.3 Å². The molecule has 3 nitrogen and oxygen atoms in total. The highest BCUT2D eigenvalue weighted by atomic mass is 19.1. The van der Waals surface area contributed by atoms with Gasteiger partial charge in [0.05, 0.1) is 18.7 Å². The molecule has 0 saturated heterocycles. The number of nitrogens with two attached hydrogens (primary N) is 1. The Labute approximate surface area is 110 Å². The third-order valence-corrected chi connectivity index (χ3v) is 2.89. The highest BCUT2D eigenvalue weighted by Crippen LogP contribution is 2.24. The lowest BCUT2D eigenvalue weighted by molar-refractivity contribution is 0.0956. The fourth-order valence-corrected chi connectivity index (χ4v) is 1.84. The van der Waals surface area contributed by atoms with Crippen molar-refractivity contribution >= 4 is 5.78 Å². The van der Waals surface area contributed by atoms with Crippen molar-refractivity contribution in [3.05, 3.63) is 65.5 Å². The van der Waals surface area contributed by atoms with Gasteiger partial charge in [-0.3, -0.25) is 4.79 Å². The summed E-state index contributed by atoms with van der Waals surface area (Å²) in [5.41, 5.74) is 6.46. The van der Waals surface area contributed by atoms with Crippen LogP contribution in [-0.4, -0.2) is 12.9 Å². The van der Waals surface area contributed by atoms with Gasteiger partial charge in [-0.1, -0.05) is 36.4 Å². The minimum atomic E-state index is -0.886. The molecule has 0 bridgehead atoms. The molecule has 0 aliphatic heterocycles. The molecule has 2 aromatic rings. The first-order valence-electron chi connectivity index (χ1n) is 5.82. The van der Waals surface area contributed by atoms with Crippen LogP contribution in [0.25, 0.3) is 0 Å². The Kier molecular flexibility index (Phi) is 3.92. The normalized spacial score (nSPS) is 11.9. The van der Waals surface area contributed by atoms with Gasteiger partial charge in [-0.15, -0.1) is 0 Å². The summed E-state index contributed by atoms with van der Waals surface area (Å²) in [7, 11) is 1.35. The Bertz CT molecular complexity index is 584. The molecule has 4 heteroatoms. The van der Waals surface area contributed by atoms with E-state index in [9.17, 15) is 9.18 Å². The Morgan fingerprint density at radius 1 is 1.16 bits per heavy atom. The summed E-state index contributed by atoms with van der Waals surface area (Å²) in [6.45, 7) is 0. The van der Waals surface area contributed by atoms with E-state index in [1.807, 2.05) is 6.07 Å². The number of ketones is 1. The van der Waals surface area contributed by atoms with E-state index in [2.05, 4.69) is 0 Å². The molecular weight excluding hydrogens is 245 g/mol. The second-order valence-corrected chi connectivity index (χ2v) is 4.07. The minimum Gasteiger partial charge on any atom is -0.494 e. The number of rotatable bonds is 4. The largest absolute Gasteiger partial charge is 0.494 e. The van der Waals surface area contributed by atoms with E-state index in [0.29, 0.717) is 5.56 Å². The second kappa shape index (κ2) is 5.63. The predicted octanol–water partition coefficient (Wildman–Crippen LogP) is 2.72. The van der Waals surface area contributed by atoms with Gasteiger partial charge in [-0.25, -0.2) is 4.39 Å². The van der Waals surface area contributed by atoms with Crippen molar-refractivity contribution in [2.45, 2.75) is 6.04 Å². The van der Waals surface area contributed by atoms with Crippen LogP contribution >= 0.6 is 0 Å². The quantitative estimate of drug-likeness (QED) is 0.859. The average molecular weight is 259 g/mol. The molecule has 0 amide bonds. The zero-order chi connectivity index (χ0) is 13.8. The molecule has 1 atom stereocenters. The average Bonchev–Trinajstić information content (AvgIpc) is 2.47. The van der Waals surface area contributed by atoms with Gasteiger partial charge in [0.15, 0.2) is 17.3 Å². The molecule has 0 saturated carbocycles. The monoisotopic (exact) mass is 259 g/mol. The van der Waals surface area contributed by atoms with Gasteiger partial charge < -0.3 is 10.5 Å². The molecule has 0 unspecified atom stereocenters. The van der Waals surface area contributed by atoms with Gasteiger partial charge >= 0.3 is 0 Å². The van der Waals surface area contributed by atoms with Crippen molar-refractivity contribution < 1.29 is 13.9 Å². The summed E-state index contributed by atoms with van der Waals surface area (Å²) in [4.78, 5) is 12.2. The molecular formula is C15H14FNO2. The third-order valence-electron chi connectivity index (χ3n) is 2.89. The van der Waals surface area contributed by atoms with Crippen LogP contribution in [-0.2, 0) is 0 Å². The summed E-state index contributed by atoms with van der Waals surface area (Å²) in [6.07, 6.45) is 0. The maximum absolute atomic E-state index is 14.0. The molecule has 0 aliphatic carbocycles. The molecule has 98 valence electrons. The van der Waals surface area contributed by atoms with E-state index >= 15 is 0 Å². The van der Waals surface area contributed by atoms with E-state index in [-0.39, 0.29) is 11.3 Å². The maximum Gasteiger partial charge on any atom is 0.187 e. The van der Waals surface area contributed by atoms with Crippen molar-refractivity contribution in [2.75, 3.05) is 7.11 Å². The first kappa shape index (κ1) is 13.2. The zero-order valence-electron chi connectivity index (χ0n) is 10.5. The number of methoxy groups -OCH3 is 1. The number of halogens is 1. The predicted molar refractivity (Wildman–Crippen MR) is 70.7 cm³/mol. The van der Waals surface area contributed by atoms with Gasteiger partial charge in [0.1, 0.15) is 0 Å². The molecule has 0 aromatic heterocycles. The number of carbonyl (C=O) groups is 1. The highest BCUT2D eigenvalue weighted by molar-refractivity contribution is 6.01. The van der Waals surface area contributed by atoms with Crippen LogP contribution in [0.2, 0.25) is 0 Å². The van der Waals surface area contributed by atoms with Crippen LogP contribution in [0, 0.1) is 5.82 Å². The Morgan fingerprint density at radius 2 is 1.84 bits per heavy atom. The zero-order valence-corrected chi connectivity index (χ0v) is 10.5. The van der Waals surface area contributed by atoms with Gasteiger partial charge in [-0.05, 0) is 17.7 Å². The van der Waals surface area contributed by atoms with Crippen LogP contribution in [0.3, 0.4) is 0 Å². The fraction of sp³-hybridized carbons (Fsp3) is 0.133. The van der Waals surface area contributed by atoms with E-state index < -0.39 is 17.6 Å². The van der Waals surface area contributed by atoms with Crippen LogP contribution < -0.4 is 10.5 Å². The first-order valence-corrected chi connectivity index (χ1v) is 5.82. The van der Waals surface area contributed by atoms with Crippen molar-refractivity contribution in [1.29, 1.82) is 0 Å². The standard InChI is InChI=1S/C15H14FNO2/c1-19-12-9-5-8-11(13(12)16)15(18)14(17)10-6-3-2-4-7-10/h2-9,14H,17H2,1H3/t14-/m1/s1. The summed E-state index contributed by atoms with van der Waals surface area (Å²) in [5, 5.41) is 0. The lowest BCUT2D eigenvalue weighted by atomic mass is 9.98. The molecule has 0 aliphatic rings. The van der Waals surface area contributed by atoms with Crippen LogP contribution in [0.15, 0.2) is 48.5 Å². The van der Waals surface area contributed by atoms with Crippen molar-refractivity contribution in [3.63, 3.8) is 0 Å². The molecule has 2 rings (SSSR count). The van der Waals surface area contributed by atoms with Gasteiger partial charge in [-0.2, -0.15) is 0 Å². The molecule has 2 N–H and O–H groups in total. The Hall–Kier alpha value is -2.20. The Morgan fingerprint density at radius 3 is 2.47 bits per heavy atom. The lowest BCUT2D eigenvalue weighted by Crippen LogP contribution is -2.22. The van der Waals surface area contributed by atoms with Gasteiger partial charge in [0.2, 0.25) is 0 Å². The topological polar surface area (TPSA) is 52.3 Å². The summed E-state index contributed by atoms with van der Waals surface area (Å²) < 4.78 is 18.9. The number of Topliss-reactive ketones (excluding diaryl/α,β-unsaturated/α-hetero) is 1. The number of hydrogen-bond acceptors (Lipinski definition) is 3. The summed E-state index contributed by atoms with van der Waals surface area (Å²) in [5.74, 6) is -1.12. The molecule has 0 radical (unpaired) electrons. The van der Waals surface area contributed by atoms with E-state index in [4.69, 9.17) is 10.5 Å². The maximum atomic E-state index is 14.0. The van der Waals surface area contributed by atoms with E-state index in [0.717, 1.165) is 0 Å². The second-order valence-electron chi connectivity index (χ2n) is 4.07. The number of ether oxygens (including phenoxy) is 1. The molecule has 19 heavy (non-hydrogen) atoms. The van der Waals surface area contributed by atoms with Crippen LogP contribution in [0.1, 0.15) is 22.0 Å².